The summed E-state index contributed by atoms with van der Waals surface area (Å²) < 4.78 is 3.21. The van der Waals surface area contributed by atoms with Gasteiger partial charge >= 0.3 is 5.97 Å². The van der Waals surface area contributed by atoms with Crippen LogP contribution in [0.1, 0.15) is 24.2 Å². The zero-order valence-corrected chi connectivity index (χ0v) is 11.3. The zero-order valence-electron chi connectivity index (χ0n) is 10.5. The van der Waals surface area contributed by atoms with Crippen LogP contribution in [0.25, 0.3) is 15.2 Å². The lowest BCUT2D eigenvalue weighted by Crippen LogP contribution is -1.99. The van der Waals surface area contributed by atoms with Gasteiger partial charge in [-0.2, -0.15) is 0 Å². The van der Waals surface area contributed by atoms with E-state index in [1.165, 1.54) is 10.3 Å². The Hall–Kier alpha value is -1.95. The fourth-order valence-electron chi connectivity index (χ4n) is 2.15. The molecule has 0 aliphatic heterocycles. The van der Waals surface area contributed by atoms with Crippen molar-refractivity contribution in [2.45, 2.75) is 26.2 Å². The number of nitrogens with zero attached hydrogens (tertiary/aromatic N) is 3. The Bertz CT molecular complexity index is 760. The van der Waals surface area contributed by atoms with Crippen molar-refractivity contribution in [2.75, 3.05) is 0 Å². The quantitative estimate of drug-likeness (QED) is 0.795. The van der Waals surface area contributed by atoms with Gasteiger partial charge in [0.2, 0.25) is 4.96 Å². The summed E-state index contributed by atoms with van der Waals surface area (Å²) >= 11 is 1.61. The van der Waals surface area contributed by atoms with E-state index in [4.69, 9.17) is 5.11 Å². The molecule has 1 N–H and O–H groups in total. The molecule has 6 heteroatoms. The Kier molecular flexibility index (Phi) is 2.94. The number of hydrogen-bond acceptors (Lipinski definition) is 4. The average molecular weight is 275 g/mol. The second kappa shape index (κ2) is 4.62. The largest absolute Gasteiger partial charge is 0.481 e. The molecule has 0 atom stereocenters. The second-order valence-electron chi connectivity index (χ2n) is 4.55. The third-order valence-electron chi connectivity index (χ3n) is 3.05. The number of carboxylic acid groups (broad SMARTS) is 1. The summed E-state index contributed by atoms with van der Waals surface area (Å²) in [6.07, 6.45) is 1.38. The van der Waals surface area contributed by atoms with Crippen LogP contribution in [0.2, 0.25) is 0 Å². The third kappa shape index (κ3) is 2.19. The van der Waals surface area contributed by atoms with Crippen molar-refractivity contribution in [1.29, 1.82) is 0 Å². The summed E-state index contributed by atoms with van der Waals surface area (Å²) in [4.78, 5) is 11.4. The smallest absolute Gasteiger partial charge is 0.303 e. The number of thiazole rings is 1. The van der Waals surface area contributed by atoms with Crippen LogP contribution >= 0.6 is 11.3 Å². The fraction of sp³-hybridized carbons (Fsp3) is 0.308. The van der Waals surface area contributed by atoms with Gasteiger partial charge < -0.3 is 5.11 Å². The topological polar surface area (TPSA) is 67.5 Å². The number of carbonyl (C=O) groups is 1. The summed E-state index contributed by atoms with van der Waals surface area (Å²) in [5.41, 5.74) is 2.32. The molecule has 0 fully saturated rings. The maximum Gasteiger partial charge on any atom is 0.303 e. The molecule has 0 unspecified atom stereocenters. The van der Waals surface area contributed by atoms with E-state index in [0.717, 1.165) is 16.3 Å². The molecule has 2 aromatic heterocycles. The van der Waals surface area contributed by atoms with Gasteiger partial charge in [-0.3, -0.25) is 9.20 Å². The molecule has 0 bridgehead atoms. The normalized spacial score (nSPS) is 11.4. The first-order valence-electron chi connectivity index (χ1n) is 6.10. The first-order chi connectivity index (χ1) is 9.15. The van der Waals surface area contributed by atoms with E-state index in [0.29, 0.717) is 12.8 Å². The molecule has 19 heavy (non-hydrogen) atoms. The Labute approximate surface area is 113 Å². The molecule has 5 nitrogen and oxygen atoms in total. The van der Waals surface area contributed by atoms with Crippen molar-refractivity contribution in [2.24, 2.45) is 0 Å². The highest BCUT2D eigenvalue weighted by Crippen LogP contribution is 2.27. The lowest BCUT2D eigenvalue weighted by molar-refractivity contribution is -0.137. The molecule has 0 amide bonds. The van der Waals surface area contributed by atoms with Crippen molar-refractivity contribution in [3.05, 3.63) is 29.6 Å². The van der Waals surface area contributed by atoms with Crippen molar-refractivity contribution >= 4 is 32.5 Å². The Morgan fingerprint density at radius 2 is 2.26 bits per heavy atom. The molecule has 98 valence electrons. The first kappa shape index (κ1) is 12.1. The van der Waals surface area contributed by atoms with E-state index in [1.54, 1.807) is 11.3 Å². The van der Waals surface area contributed by atoms with Crippen molar-refractivity contribution in [3.8, 4) is 0 Å². The number of fused-ring (bicyclic) bond motifs is 3. The van der Waals surface area contributed by atoms with E-state index in [1.807, 2.05) is 4.40 Å². The van der Waals surface area contributed by atoms with Crippen LogP contribution < -0.4 is 0 Å². The highest BCUT2D eigenvalue weighted by molar-refractivity contribution is 7.23. The molecule has 3 aromatic rings. The predicted molar refractivity (Wildman–Crippen MR) is 73.7 cm³/mol. The fourth-order valence-corrected chi connectivity index (χ4v) is 3.24. The van der Waals surface area contributed by atoms with Crippen LogP contribution in [0.15, 0.2) is 18.2 Å². The monoisotopic (exact) mass is 275 g/mol. The van der Waals surface area contributed by atoms with Crippen LogP contribution in [-0.2, 0) is 11.2 Å². The molecule has 2 heterocycles. The Morgan fingerprint density at radius 3 is 3.05 bits per heavy atom. The van der Waals surface area contributed by atoms with E-state index in [-0.39, 0.29) is 6.42 Å². The van der Waals surface area contributed by atoms with E-state index in [2.05, 4.69) is 35.3 Å². The van der Waals surface area contributed by atoms with Gasteiger partial charge in [0.05, 0.1) is 10.2 Å². The minimum absolute atomic E-state index is 0.163. The van der Waals surface area contributed by atoms with Crippen LogP contribution in [0.4, 0.5) is 0 Å². The maximum atomic E-state index is 10.6. The molecular weight excluding hydrogens is 262 g/mol. The van der Waals surface area contributed by atoms with Crippen LogP contribution in [0, 0.1) is 6.92 Å². The van der Waals surface area contributed by atoms with Gasteiger partial charge in [-0.05, 0) is 31.0 Å². The predicted octanol–water partition coefficient (Wildman–Crippen LogP) is 2.66. The summed E-state index contributed by atoms with van der Waals surface area (Å²) in [5, 5.41) is 17.0. The molecule has 0 saturated carbocycles. The lowest BCUT2D eigenvalue weighted by Gasteiger charge is -1.98. The van der Waals surface area contributed by atoms with E-state index < -0.39 is 5.97 Å². The summed E-state index contributed by atoms with van der Waals surface area (Å²) in [5.74, 6) is 0.0675. The SMILES string of the molecule is Cc1ccc2c(c1)sc1nnc(CCCC(=O)O)n12. The van der Waals surface area contributed by atoms with Gasteiger partial charge in [-0.15, -0.1) is 10.2 Å². The van der Waals surface area contributed by atoms with Gasteiger partial charge in [0, 0.05) is 12.8 Å². The van der Waals surface area contributed by atoms with Gasteiger partial charge in [0.15, 0.2) is 0 Å². The summed E-state index contributed by atoms with van der Waals surface area (Å²) in [7, 11) is 0. The van der Waals surface area contributed by atoms with Crippen LogP contribution in [0.3, 0.4) is 0 Å². The highest BCUT2D eigenvalue weighted by atomic mass is 32.1. The van der Waals surface area contributed by atoms with Crippen molar-refractivity contribution in [1.82, 2.24) is 14.6 Å². The first-order valence-corrected chi connectivity index (χ1v) is 6.92. The number of rotatable bonds is 4. The number of aliphatic carboxylic acids is 1. The third-order valence-corrected chi connectivity index (χ3v) is 4.04. The molecule has 0 saturated heterocycles. The van der Waals surface area contributed by atoms with Crippen LogP contribution in [-0.4, -0.2) is 25.7 Å². The number of benzene rings is 1. The second-order valence-corrected chi connectivity index (χ2v) is 5.56. The zero-order chi connectivity index (χ0) is 13.4. The Balaban J connectivity index is 2.01. The maximum absolute atomic E-state index is 10.6. The summed E-state index contributed by atoms with van der Waals surface area (Å²) in [6.45, 7) is 2.06. The Morgan fingerprint density at radius 1 is 1.42 bits per heavy atom. The number of aryl methyl sites for hydroxylation is 2. The van der Waals surface area contributed by atoms with Gasteiger partial charge in [-0.1, -0.05) is 17.4 Å². The van der Waals surface area contributed by atoms with Crippen LogP contribution in [0.5, 0.6) is 0 Å². The van der Waals surface area contributed by atoms with E-state index >= 15 is 0 Å². The number of carboxylic acids is 1. The molecule has 0 radical (unpaired) electrons. The standard InChI is InChI=1S/C13H13N3O2S/c1-8-5-6-9-10(7-8)19-13-15-14-11(16(9)13)3-2-4-12(17)18/h5-7H,2-4H2,1H3,(H,17,18). The minimum Gasteiger partial charge on any atom is -0.481 e. The summed E-state index contributed by atoms with van der Waals surface area (Å²) in [6, 6.07) is 6.27. The van der Waals surface area contributed by atoms with Gasteiger partial charge in [-0.25, -0.2) is 0 Å². The molecule has 3 rings (SSSR count). The molecule has 0 aliphatic rings. The van der Waals surface area contributed by atoms with Crippen molar-refractivity contribution in [3.63, 3.8) is 0 Å². The van der Waals surface area contributed by atoms with Crippen molar-refractivity contribution < 1.29 is 9.90 Å². The lowest BCUT2D eigenvalue weighted by atomic mass is 10.2. The number of hydrogen-bond donors (Lipinski definition) is 1. The van der Waals surface area contributed by atoms with E-state index in [9.17, 15) is 4.79 Å². The molecular formula is C13H13N3O2S. The number of aromatic nitrogens is 3. The minimum atomic E-state index is -0.772. The molecule has 0 spiro atoms. The molecule has 0 aliphatic carbocycles. The van der Waals surface area contributed by atoms with Gasteiger partial charge in [0.1, 0.15) is 5.82 Å². The average Bonchev–Trinajstić information content (AvgIpc) is 2.87. The van der Waals surface area contributed by atoms with Gasteiger partial charge in [0.25, 0.3) is 0 Å². The molecule has 1 aromatic carbocycles. The highest BCUT2D eigenvalue weighted by Gasteiger charge is 2.12.